The second-order valence-electron chi connectivity index (χ2n) is 6.02. The molecule has 1 fully saturated rings. The van der Waals surface area contributed by atoms with Crippen LogP contribution in [-0.4, -0.2) is 37.0 Å². The molecule has 0 saturated carbocycles. The highest BCUT2D eigenvalue weighted by atomic mass is 19.1. The lowest BCUT2D eigenvalue weighted by Crippen LogP contribution is -2.49. The van der Waals surface area contributed by atoms with Crippen molar-refractivity contribution in [2.24, 2.45) is 0 Å². The van der Waals surface area contributed by atoms with Crippen LogP contribution in [0, 0.1) is 5.82 Å². The number of nitrogen functional groups attached to an aromatic ring is 1. The van der Waals surface area contributed by atoms with Gasteiger partial charge in [0.2, 0.25) is 5.91 Å². The van der Waals surface area contributed by atoms with E-state index in [1.54, 1.807) is 12.1 Å². The van der Waals surface area contributed by atoms with Crippen LogP contribution in [0.1, 0.15) is 12.0 Å². The van der Waals surface area contributed by atoms with Crippen molar-refractivity contribution in [1.82, 2.24) is 4.90 Å². The lowest BCUT2D eigenvalue weighted by atomic mass is 10.1. The van der Waals surface area contributed by atoms with Crippen molar-refractivity contribution in [1.29, 1.82) is 0 Å². The number of halogens is 1. The van der Waals surface area contributed by atoms with Gasteiger partial charge in [-0.3, -0.25) is 4.79 Å². The van der Waals surface area contributed by atoms with E-state index in [1.807, 2.05) is 40.1 Å². The largest absolute Gasteiger partial charge is 0.399 e. The molecule has 3 rings (SSSR count). The summed E-state index contributed by atoms with van der Waals surface area (Å²) in [5.41, 5.74) is 8.27. The standard InChI is InChI=1S/C19H22FN3O/c20-16-6-2-4-8-18(16)22-11-13-23(14-12-22)19(24)10-9-15-5-1-3-7-17(15)21/h1-8H,9-14,21H2. The Balaban J connectivity index is 1.52. The van der Waals surface area contributed by atoms with Crippen LogP contribution in [0.3, 0.4) is 0 Å². The highest BCUT2D eigenvalue weighted by Gasteiger charge is 2.22. The van der Waals surface area contributed by atoms with E-state index in [4.69, 9.17) is 5.73 Å². The van der Waals surface area contributed by atoms with Crippen LogP contribution in [0.25, 0.3) is 0 Å². The van der Waals surface area contributed by atoms with Crippen LogP contribution >= 0.6 is 0 Å². The van der Waals surface area contributed by atoms with Crippen LogP contribution in [0.4, 0.5) is 15.8 Å². The molecule has 1 amide bonds. The Morgan fingerprint density at radius 2 is 1.67 bits per heavy atom. The number of carbonyl (C=O) groups excluding carboxylic acids is 1. The first-order chi connectivity index (χ1) is 11.6. The highest BCUT2D eigenvalue weighted by Crippen LogP contribution is 2.20. The first kappa shape index (κ1) is 16.3. The summed E-state index contributed by atoms with van der Waals surface area (Å²) >= 11 is 0. The van der Waals surface area contributed by atoms with E-state index in [1.165, 1.54) is 6.07 Å². The predicted molar refractivity (Wildman–Crippen MR) is 94.4 cm³/mol. The SMILES string of the molecule is Nc1ccccc1CCC(=O)N1CCN(c2ccccc2F)CC1. The molecule has 0 unspecified atom stereocenters. The smallest absolute Gasteiger partial charge is 0.223 e. The van der Waals surface area contributed by atoms with Gasteiger partial charge >= 0.3 is 0 Å². The molecule has 126 valence electrons. The van der Waals surface area contributed by atoms with Crippen LogP contribution < -0.4 is 10.6 Å². The van der Waals surface area contributed by atoms with Gasteiger partial charge in [-0.2, -0.15) is 0 Å². The number of hydrogen-bond donors (Lipinski definition) is 1. The lowest BCUT2D eigenvalue weighted by molar-refractivity contribution is -0.131. The molecule has 0 aromatic heterocycles. The normalized spacial score (nSPS) is 14.7. The highest BCUT2D eigenvalue weighted by molar-refractivity contribution is 5.77. The van der Waals surface area contributed by atoms with Crippen LogP contribution in [0.2, 0.25) is 0 Å². The maximum Gasteiger partial charge on any atom is 0.223 e. The molecule has 5 heteroatoms. The molecular weight excluding hydrogens is 305 g/mol. The molecule has 0 spiro atoms. The Hall–Kier alpha value is -2.56. The van der Waals surface area contributed by atoms with Gasteiger partial charge in [0, 0.05) is 38.3 Å². The molecule has 1 heterocycles. The molecule has 0 radical (unpaired) electrons. The maximum absolute atomic E-state index is 13.8. The molecule has 1 saturated heterocycles. The molecule has 0 atom stereocenters. The summed E-state index contributed by atoms with van der Waals surface area (Å²) in [6, 6.07) is 14.4. The number of carbonyl (C=O) groups is 1. The summed E-state index contributed by atoms with van der Waals surface area (Å²) in [5.74, 6) is -0.0803. The summed E-state index contributed by atoms with van der Waals surface area (Å²) in [6.07, 6.45) is 1.10. The molecule has 0 aliphatic carbocycles. The fraction of sp³-hybridized carbons (Fsp3) is 0.316. The Morgan fingerprint density at radius 3 is 2.38 bits per heavy atom. The Labute approximate surface area is 141 Å². The van der Waals surface area contributed by atoms with E-state index in [2.05, 4.69) is 0 Å². The minimum Gasteiger partial charge on any atom is -0.399 e. The topological polar surface area (TPSA) is 49.6 Å². The van der Waals surface area contributed by atoms with Crippen molar-refractivity contribution in [2.45, 2.75) is 12.8 Å². The number of anilines is 2. The predicted octanol–water partition coefficient (Wildman–Crippen LogP) is 2.69. The summed E-state index contributed by atoms with van der Waals surface area (Å²) < 4.78 is 13.8. The second kappa shape index (κ2) is 7.34. The van der Waals surface area contributed by atoms with Gasteiger partial charge in [0.25, 0.3) is 0 Å². The number of rotatable bonds is 4. The number of nitrogens with two attached hydrogens (primary N) is 1. The third-order valence-electron chi connectivity index (χ3n) is 4.49. The minimum atomic E-state index is -0.211. The van der Waals surface area contributed by atoms with Crippen molar-refractivity contribution in [3.8, 4) is 0 Å². The molecule has 24 heavy (non-hydrogen) atoms. The molecular formula is C19H22FN3O. The Morgan fingerprint density at radius 1 is 1.00 bits per heavy atom. The number of hydrogen-bond acceptors (Lipinski definition) is 3. The number of nitrogens with zero attached hydrogens (tertiary/aromatic N) is 2. The molecule has 2 aromatic carbocycles. The van der Waals surface area contributed by atoms with E-state index in [0.29, 0.717) is 44.7 Å². The molecule has 0 bridgehead atoms. The third-order valence-corrected chi connectivity index (χ3v) is 4.49. The minimum absolute atomic E-state index is 0.131. The van der Waals surface area contributed by atoms with Crippen molar-refractivity contribution < 1.29 is 9.18 Å². The fourth-order valence-electron chi connectivity index (χ4n) is 3.07. The van der Waals surface area contributed by atoms with Crippen LogP contribution in [0.5, 0.6) is 0 Å². The molecule has 1 aliphatic heterocycles. The fourth-order valence-corrected chi connectivity index (χ4v) is 3.07. The summed E-state index contributed by atoms with van der Waals surface area (Å²) in [5, 5.41) is 0. The van der Waals surface area contributed by atoms with E-state index in [9.17, 15) is 9.18 Å². The lowest BCUT2D eigenvalue weighted by Gasteiger charge is -2.36. The zero-order valence-corrected chi connectivity index (χ0v) is 13.6. The van der Waals surface area contributed by atoms with Crippen molar-refractivity contribution in [2.75, 3.05) is 36.8 Å². The molecule has 1 aliphatic rings. The molecule has 2 N–H and O–H groups in total. The van der Waals surface area contributed by atoms with Gasteiger partial charge in [0.05, 0.1) is 5.69 Å². The third kappa shape index (κ3) is 3.67. The summed E-state index contributed by atoms with van der Waals surface area (Å²) in [7, 11) is 0. The maximum atomic E-state index is 13.8. The van der Waals surface area contributed by atoms with Gasteiger partial charge in [-0.05, 0) is 30.2 Å². The molecule has 4 nitrogen and oxygen atoms in total. The average Bonchev–Trinajstić information content (AvgIpc) is 2.61. The second-order valence-corrected chi connectivity index (χ2v) is 6.02. The number of benzene rings is 2. The quantitative estimate of drug-likeness (QED) is 0.879. The van der Waals surface area contributed by atoms with E-state index < -0.39 is 0 Å². The van der Waals surface area contributed by atoms with Crippen LogP contribution in [0.15, 0.2) is 48.5 Å². The van der Waals surface area contributed by atoms with Crippen molar-refractivity contribution in [3.63, 3.8) is 0 Å². The molecule has 2 aromatic rings. The van der Waals surface area contributed by atoms with Gasteiger partial charge in [-0.1, -0.05) is 30.3 Å². The Bertz CT molecular complexity index is 711. The Kier molecular flexibility index (Phi) is 4.99. The number of aryl methyl sites for hydroxylation is 1. The van der Waals surface area contributed by atoms with Crippen molar-refractivity contribution in [3.05, 3.63) is 59.9 Å². The summed E-state index contributed by atoms with van der Waals surface area (Å²) in [6.45, 7) is 2.55. The van der Waals surface area contributed by atoms with E-state index in [-0.39, 0.29) is 11.7 Å². The van der Waals surface area contributed by atoms with Gasteiger partial charge in [0.1, 0.15) is 5.82 Å². The monoisotopic (exact) mass is 327 g/mol. The zero-order chi connectivity index (χ0) is 16.9. The van der Waals surface area contributed by atoms with Gasteiger partial charge in [-0.15, -0.1) is 0 Å². The van der Waals surface area contributed by atoms with E-state index in [0.717, 1.165) is 11.3 Å². The zero-order valence-electron chi connectivity index (χ0n) is 13.6. The first-order valence-electron chi connectivity index (χ1n) is 8.26. The van der Waals surface area contributed by atoms with Crippen LogP contribution in [-0.2, 0) is 11.2 Å². The van der Waals surface area contributed by atoms with Crippen molar-refractivity contribution >= 4 is 17.3 Å². The van der Waals surface area contributed by atoms with Gasteiger partial charge in [0.15, 0.2) is 0 Å². The number of para-hydroxylation sites is 2. The van der Waals surface area contributed by atoms with Gasteiger partial charge in [-0.25, -0.2) is 4.39 Å². The van der Waals surface area contributed by atoms with Gasteiger partial charge < -0.3 is 15.5 Å². The number of amides is 1. The average molecular weight is 327 g/mol. The van der Waals surface area contributed by atoms with E-state index >= 15 is 0 Å². The summed E-state index contributed by atoms with van der Waals surface area (Å²) in [4.78, 5) is 16.2. The first-order valence-corrected chi connectivity index (χ1v) is 8.26. The number of piperazine rings is 1.